The van der Waals surface area contributed by atoms with E-state index >= 15 is 0 Å². The molecule has 156 valence electrons. The molecule has 30 heavy (non-hydrogen) atoms. The third-order valence-electron chi connectivity index (χ3n) is 5.42. The number of nitrogens with one attached hydrogen (secondary N) is 2. The molecule has 7 nitrogen and oxygen atoms in total. The fourth-order valence-electron chi connectivity index (χ4n) is 3.65. The third-order valence-corrected chi connectivity index (χ3v) is 5.42. The minimum absolute atomic E-state index is 0.0490. The highest BCUT2D eigenvalue weighted by Crippen LogP contribution is 2.29. The van der Waals surface area contributed by atoms with Gasteiger partial charge in [-0.2, -0.15) is 5.26 Å². The van der Waals surface area contributed by atoms with Gasteiger partial charge in [0.2, 0.25) is 0 Å². The predicted molar refractivity (Wildman–Crippen MR) is 114 cm³/mol. The van der Waals surface area contributed by atoms with Crippen LogP contribution in [-0.2, 0) is 0 Å². The van der Waals surface area contributed by atoms with E-state index in [9.17, 15) is 9.59 Å². The van der Waals surface area contributed by atoms with Gasteiger partial charge in [0.25, 0.3) is 5.91 Å². The number of likely N-dealkylation sites (tertiary alicyclic amines) is 1. The molecule has 1 saturated heterocycles. The van der Waals surface area contributed by atoms with Crippen molar-refractivity contribution in [3.05, 3.63) is 64.7 Å². The summed E-state index contributed by atoms with van der Waals surface area (Å²) < 4.78 is 0. The first-order chi connectivity index (χ1) is 14.5. The second-order valence-corrected chi connectivity index (χ2v) is 7.43. The van der Waals surface area contributed by atoms with Gasteiger partial charge >= 0.3 is 6.03 Å². The molecule has 0 spiro atoms. The molecular formula is C23H26N4O3. The molecule has 1 aliphatic rings. The van der Waals surface area contributed by atoms with Crippen molar-refractivity contribution in [2.45, 2.75) is 25.7 Å². The Kier molecular flexibility index (Phi) is 7.04. The number of anilines is 1. The van der Waals surface area contributed by atoms with Gasteiger partial charge in [0, 0.05) is 30.9 Å². The van der Waals surface area contributed by atoms with Crippen molar-refractivity contribution in [2.75, 3.05) is 31.6 Å². The largest absolute Gasteiger partial charge is 0.395 e. The number of aliphatic hydroxyl groups excluding tert-OH is 1. The fourth-order valence-corrected chi connectivity index (χ4v) is 3.65. The van der Waals surface area contributed by atoms with E-state index in [1.165, 1.54) is 5.56 Å². The van der Waals surface area contributed by atoms with Crippen LogP contribution in [-0.4, -0.2) is 48.2 Å². The fraction of sp³-hybridized carbons (Fsp3) is 0.348. The van der Waals surface area contributed by atoms with Crippen LogP contribution in [0.4, 0.5) is 10.5 Å². The maximum absolute atomic E-state index is 13.0. The number of piperidine rings is 1. The minimum Gasteiger partial charge on any atom is -0.395 e. The van der Waals surface area contributed by atoms with Crippen molar-refractivity contribution < 1.29 is 14.7 Å². The van der Waals surface area contributed by atoms with Gasteiger partial charge < -0.3 is 20.6 Å². The van der Waals surface area contributed by atoms with Gasteiger partial charge in [-0.25, -0.2) is 4.79 Å². The zero-order valence-corrected chi connectivity index (χ0v) is 17.0. The Hall–Kier alpha value is -3.37. The number of benzene rings is 2. The van der Waals surface area contributed by atoms with Crippen molar-refractivity contribution in [3.63, 3.8) is 0 Å². The van der Waals surface area contributed by atoms with Crippen molar-refractivity contribution in [1.82, 2.24) is 10.2 Å². The lowest BCUT2D eigenvalue weighted by Gasteiger charge is -2.32. The molecule has 0 unspecified atom stereocenters. The maximum Gasteiger partial charge on any atom is 0.319 e. The van der Waals surface area contributed by atoms with Crippen LogP contribution in [0.2, 0.25) is 0 Å². The topological polar surface area (TPSA) is 105 Å². The summed E-state index contributed by atoms with van der Waals surface area (Å²) >= 11 is 0. The summed E-state index contributed by atoms with van der Waals surface area (Å²) in [4.78, 5) is 26.7. The molecule has 3 N–H and O–H groups in total. The monoisotopic (exact) mass is 406 g/mol. The van der Waals surface area contributed by atoms with Gasteiger partial charge in [-0.1, -0.05) is 18.2 Å². The van der Waals surface area contributed by atoms with E-state index in [2.05, 4.69) is 16.7 Å². The number of hydrogen-bond donors (Lipinski definition) is 3. The number of aliphatic hydroxyl groups is 1. The molecular weight excluding hydrogens is 380 g/mol. The van der Waals surface area contributed by atoms with E-state index in [4.69, 9.17) is 10.4 Å². The third kappa shape index (κ3) is 5.16. The second kappa shape index (κ2) is 9.90. The molecule has 2 aromatic carbocycles. The van der Waals surface area contributed by atoms with E-state index in [-0.39, 0.29) is 19.1 Å². The highest BCUT2D eigenvalue weighted by molar-refractivity contribution is 5.97. The van der Waals surface area contributed by atoms with Gasteiger partial charge in [0.15, 0.2) is 0 Å². The summed E-state index contributed by atoms with van der Waals surface area (Å²) in [5.74, 6) is 0.333. The molecule has 0 aromatic heterocycles. The number of carbonyl (C=O) groups is 2. The minimum atomic E-state index is -0.417. The highest BCUT2D eigenvalue weighted by atomic mass is 16.3. The van der Waals surface area contributed by atoms with Gasteiger partial charge in [-0.15, -0.1) is 0 Å². The summed E-state index contributed by atoms with van der Waals surface area (Å²) in [6.45, 7) is 3.22. The van der Waals surface area contributed by atoms with Gasteiger partial charge in [-0.3, -0.25) is 4.79 Å². The van der Waals surface area contributed by atoms with E-state index in [1.54, 1.807) is 12.1 Å². The van der Waals surface area contributed by atoms with Crippen molar-refractivity contribution >= 4 is 17.6 Å². The quantitative estimate of drug-likeness (QED) is 0.710. The van der Waals surface area contributed by atoms with Crippen LogP contribution in [0, 0.1) is 18.3 Å². The number of urea groups is 1. The summed E-state index contributed by atoms with van der Waals surface area (Å²) in [7, 11) is 0. The summed E-state index contributed by atoms with van der Waals surface area (Å²) in [6.07, 6.45) is 1.75. The molecule has 0 bridgehead atoms. The van der Waals surface area contributed by atoms with Crippen LogP contribution >= 0.6 is 0 Å². The summed E-state index contributed by atoms with van der Waals surface area (Å²) in [5, 5.41) is 23.0. The normalized spacial score (nSPS) is 14.1. The number of nitrogens with zero attached hydrogens (tertiary/aromatic N) is 2. The van der Waals surface area contributed by atoms with Crippen molar-refractivity contribution in [1.29, 1.82) is 5.26 Å². The Morgan fingerprint density at radius 2 is 1.87 bits per heavy atom. The number of aryl methyl sites for hydroxylation is 1. The number of rotatable bonds is 5. The first kappa shape index (κ1) is 21.3. The van der Waals surface area contributed by atoms with Crippen LogP contribution in [0.5, 0.6) is 0 Å². The first-order valence-corrected chi connectivity index (χ1v) is 10.1. The van der Waals surface area contributed by atoms with Gasteiger partial charge in [0.05, 0.1) is 18.2 Å². The molecule has 0 radical (unpaired) electrons. The number of hydrogen-bond acceptors (Lipinski definition) is 4. The van der Waals surface area contributed by atoms with Crippen LogP contribution in [0.3, 0.4) is 0 Å². The summed E-state index contributed by atoms with van der Waals surface area (Å²) in [6, 6.07) is 14.7. The maximum atomic E-state index is 13.0. The molecule has 1 fully saturated rings. The Labute approximate surface area is 176 Å². The average molecular weight is 406 g/mol. The van der Waals surface area contributed by atoms with E-state index in [0.29, 0.717) is 35.8 Å². The molecule has 2 aromatic rings. The molecule has 1 aliphatic heterocycles. The van der Waals surface area contributed by atoms with Crippen molar-refractivity contribution in [2.24, 2.45) is 0 Å². The summed E-state index contributed by atoms with van der Waals surface area (Å²) in [5.41, 5.74) is 3.82. The smallest absolute Gasteiger partial charge is 0.319 e. The second-order valence-electron chi connectivity index (χ2n) is 7.43. The number of carbonyl (C=O) groups excluding carboxylic acids is 2. The Bertz CT molecular complexity index is 942. The zero-order valence-electron chi connectivity index (χ0n) is 17.0. The average Bonchev–Trinajstić information content (AvgIpc) is 2.79. The van der Waals surface area contributed by atoms with E-state index in [1.807, 2.05) is 42.2 Å². The van der Waals surface area contributed by atoms with E-state index < -0.39 is 6.03 Å². The first-order valence-electron chi connectivity index (χ1n) is 10.1. The molecule has 3 amide bonds. The van der Waals surface area contributed by atoms with Crippen LogP contribution in [0.25, 0.3) is 0 Å². The van der Waals surface area contributed by atoms with Crippen molar-refractivity contribution in [3.8, 4) is 6.07 Å². The zero-order chi connectivity index (χ0) is 21.5. The molecule has 7 heteroatoms. The molecule has 1 heterocycles. The van der Waals surface area contributed by atoms with E-state index in [0.717, 1.165) is 18.4 Å². The predicted octanol–water partition coefficient (Wildman–Crippen LogP) is 3.00. The molecule has 0 aliphatic carbocycles. The Morgan fingerprint density at radius 3 is 2.50 bits per heavy atom. The van der Waals surface area contributed by atoms with Gasteiger partial charge in [-0.05, 0) is 61.1 Å². The Morgan fingerprint density at radius 1 is 1.17 bits per heavy atom. The molecule has 3 rings (SSSR count). The lowest BCUT2D eigenvalue weighted by molar-refractivity contribution is 0.0713. The van der Waals surface area contributed by atoms with Gasteiger partial charge in [0.1, 0.15) is 0 Å². The number of amides is 3. The number of nitriles is 1. The Balaban J connectivity index is 1.62. The SMILES string of the molecule is Cc1ccc(C(=O)N2CCC(c3ccc(C#N)cc3)CC2)cc1NC(=O)NCCO. The standard InChI is InChI=1S/C23H26N4O3/c1-16-2-5-20(14-21(16)26-23(30)25-10-13-28)22(29)27-11-8-19(9-12-27)18-6-3-17(15-24)4-7-18/h2-7,14,19,28H,8-13H2,1H3,(H2,25,26,30). The molecule has 0 saturated carbocycles. The van der Waals surface area contributed by atoms with Crippen LogP contribution in [0.15, 0.2) is 42.5 Å². The highest BCUT2D eigenvalue weighted by Gasteiger charge is 2.25. The lowest BCUT2D eigenvalue weighted by atomic mass is 9.89. The molecule has 0 atom stereocenters. The van der Waals surface area contributed by atoms with Crippen LogP contribution < -0.4 is 10.6 Å². The lowest BCUT2D eigenvalue weighted by Crippen LogP contribution is -2.38. The van der Waals surface area contributed by atoms with Crippen LogP contribution in [0.1, 0.15) is 45.8 Å².